The van der Waals surface area contributed by atoms with Crippen molar-refractivity contribution in [3.63, 3.8) is 0 Å². The van der Waals surface area contributed by atoms with E-state index in [1.54, 1.807) is 48.5 Å². The van der Waals surface area contributed by atoms with Crippen LogP contribution in [0.15, 0.2) is 72.8 Å². The Balaban J connectivity index is 1.90. The molecule has 0 radical (unpaired) electrons. The van der Waals surface area contributed by atoms with Crippen molar-refractivity contribution in [3.05, 3.63) is 105 Å². The first-order valence-electron chi connectivity index (χ1n) is 12.1. The number of nitrogens with zero attached hydrogens (tertiary/aromatic N) is 1. The lowest BCUT2D eigenvalue weighted by molar-refractivity contribution is -0.209. The number of carbonyl (C=O) groups excluding carboxylic acids is 1. The Morgan fingerprint density at radius 3 is 2.14 bits per heavy atom. The summed E-state index contributed by atoms with van der Waals surface area (Å²) in [5.41, 5.74) is 0.987. The summed E-state index contributed by atoms with van der Waals surface area (Å²) in [5.74, 6) is -1.91. The van der Waals surface area contributed by atoms with Crippen LogP contribution in [0, 0.1) is 5.82 Å². The minimum absolute atomic E-state index is 0.157. The van der Waals surface area contributed by atoms with Gasteiger partial charge in [-0.2, -0.15) is 0 Å². The average Bonchev–Trinajstić information content (AvgIpc) is 2.87. The van der Waals surface area contributed by atoms with Gasteiger partial charge in [0, 0.05) is 16.5 Å². The summed E-state index contributed by atoms with van der Waals surface area (Å²) in [6.45, 7) is 3.74. The summed E-state index contributed by atoms with van der Waals surface area (Å²) < 4.78 is 20.2. The number of carboxylic acid groups (broad SMARTS) is 1. The smallest absolute Gasteiger partial charge is 0.326 e. The number of rotatable bonds is 8. The van der Waals surface area contributed by atoms with Crippen molar-refractivity contribution in [2.24, 2.45) is 0 Å². The number of benzene rings is 3. The monoisotopic (exact) mass is 543 g/mol. The maximum atomic E-state index is 14.1. The Morgan fingerprint density at radius 1 is 1.03 bits per heavy atom. The number of halogens is 3. The second-order valence-corrected chi connectivity index (χ2v) is 10.3. The van der Waals surface area contributed by atoms with E-state index in [4.69, 9.17) is 27.9 Å². The van der Waals surface area contributed by atoms with E-state index < -0.39 is 35.7 Å². The van der Waals surface area contributed by atoms with Crippen molar-refractivity contribution in [1.29, 1.82) is 0 Å². The first kappa shape index (κ1) is 27.1. The average molecular weight is 544 g/mol. The van der Waals surface area contributed by atoms with Crippen molar-refractivity contribution in [2.45, 2.75) is 56.9 Å². The highest BCUT2D eigenvalue weighted by molar-refractivity contribution is 6.30. The Hall–Kier alpha value is -2.93. The zero-order valence-corrected chi connectivity index (χ0v) is 22.0. The van der Waals surface area contributed by atoms with Crippen LogP contribution in [-0.2, 0) is 26.3 Å². The largest absolute Gasteiger partial charge is 0.480 e. The highest BCUT2D eigenvalue weighted by atomic mass is 35.5. The topological polar surface area (TPSA) is 66.8 Å². The molecule has 0 aliphatic carbocycles. The van der Waals surface area contributed by atoms with E-state index in [-0.39, 0.29) is 18.7 Å². The molecular formula is C29H28Cl2FNO4. The van der Waals surface area contributed by atoms with Gasteiger partial charge < -0.3 is 14.7 Å². The van der Waals surface area contributed by atoms with Crippen LogP contribution in [-0.4, -0.2) is 34.0 Å². The standard InChI is InChI=1S/C29H28Cl2FNO4/c1-3-4-24(28(35)36)33-26(19-7-11-21(30)12-8-19)29(2,20-9-13-22(31)14-10-20)37-25(27(33)34)17-18-5-15-23(32)16-6-18/h5-16,24-26H,3-4,17H2,1-2H3,(H,35,36)/t24-,25+,26-,29+/m1/s1. The quantitative estimate of drug-likeness (QED) is 0.338. The van der Waals surface area contributed by atoms with Gasteiger partial charge in [0.15, 0.2) is 0 Å². The van der Waals surface area contributed by atoms with Gasteiger partial charge in [-0.05, 0) is 66.4 Å². The zero-order chi connectivity index (χ0) is 26.7. The predicted octanol–water partition coefficient (Wildman–Crippen LogP) is 6.81. The molecule has 1 amide bonds. The van der Waals surface area contributed by atoms with Crippen molar-refractivity contribution in [1.82, 2.24) is 4.90 Å². The van der Waals surface area contributed by atoms with E-state index in [2.05, 4.69) is 0 Å². The number of aliphatic carboxylic acids is 1. The van der Waals surface area contributed by atoms with E-state index in [0.717, 1.165) is 5.56 Å². The van der Waals surface area contributed by atoms with E-state index in [1.807, 2.05) is 26.0 Å². The third-order valence-corrected chi connectivity index (χ3v) is 7.34. The number of hydrogen-bond donors (Lipinski definition) is 1. The van der Waals surface area contributed by atoms with Gasteiger partial charge in [0.25, 0.3) is 5.91 Å². The molecule has 0 aromatic heterocycles. The molecule has 1 aliphatic rings. The summed E-state index contributed by atoms with van der Waals surface area (Å²) in [5, 5.41) is 11.3. The molecule has 8 heteroatoms. The van der Waals surface area contributed by atoms with Crippen LogP contribution in [0.2, 0.25) is 10.0 Å². The Labute approximate surface area is 225 Å². The van der Waals surface area contributed by atoms with Crippen LogP contribution >= 0.6 is 23.2 Å². The van der Waals surface area contributed by atoms with Crippen LogP contribution < -0.4 is 0 Å². The lowest BCUT2D eigenvalue weighted by Gasteiger charge is -2.52. The molecular weight excluding hydrogens is 516 g/mol. The van der Waals surface area contributed by atoms with Crippen LogP contribution in [0.1, 0.15) is 49.4 Å². The molecule has 0 bridgehead atoms. The maximum absolute atomic E-state index is 14.1. The fraction of sp³-hybridized carbons (Fsp3) is 0.310. The summed E-state index contributed by atoms with van der Waals surface area (Å²) in [7, 11) is 0. The lowest BCUT2D eigenvalue weighted by atomic mass is 9.79. The van der Waals surface area contributed by atoms with Crippen LogP contribution in [0.25, 0.3) is 0 Å². The molecule has 1 N–H and O–H groups in total. The summed E-state index contributed by atoms with van der Waals surface area (Å²) >= 11 is 12.3. The Morgan fingerprint density at radius 2 is 1.59 bits per heavy atom. The number of ether oxygens (including phenoxy) is 1. The molecule has 3 aromatic carbocycles. The third kappa shape index (κ3) is 5.66. The van der Waals surface area contributed by atoms with Gasteiger partial charge in [-0.15, -0.1) is 0 Å². The second kappa shape index (κ2) is 11.2. The molecule has 194 valence electrons. The third-order valence-electron chi connectivity index (χ3n) is 6.84. The molecule has 0 spiro atoms. The van der Waals surface area contributed by atoms with Gasteiger partial charge in [-0.1, -0.05) is 72.9 Å². The van der Waals surface area contributed by atoms with Crippen molar-refractivity contribution >= 4 is 35.1 Å². The van der Waals surface area contributed by atoms with Crippen molar-refractivity contribution in [2.75, 3.05) is 0 Å². The number of morpholine rings is 1. The van der Waals surface area contributed by atoms with Crippen LogP contribution in [0.4, 0.5) is 4.39 Å². The van der Waals surface area contributed by atoms with Crippen LogP contribution in [0.3, 0.4) is 0 Å². The minimum Gasteiger partial charge on any atom is -0.480 e. The Bertz CT molecular complexity index is 1250. The fourth-order valence-electron chi connectivity index (χ4n) is 5.05. The zero-order valence-electron chi connectivity index (χ0n) is 20.5. The molecule has 3 aromatic rings. The number of amides is 1. The first-order valence-corrected chi connectivity index (χ1v) is 12.9. The predicted molar refractivity (Wildman–Crippen MR) is 141 cm³/mol. The van der Waals surface area contributed by atoms with Gasteiger partial charge in [0.2, 0.25) is 0 Å². The maximum Gasteiger partial charge on any atom is 0.326 e. The highest BCUT2D eigenvalue weighted by Gasteiger charge is 2.54. The van der Waals surface area contributed by atoms with E-state index in [9.17, 15) is 19.1 Å². The normalized spacial score (nSPS) is 22.6. The van der Waals surface area contributed by atoms with Gasteiger partial charge >= 0.3 is 5.97 Å². The SMILES string of the molecule is CCC[C@H](C(=O)O)N1C(=O)[C@H](Cc2ccc(F)cc2)O[C@@](C)(c2ccc(Cl)cc2)[C@H]1c1ccc(Cl)cc1. The number of carbonyl (C=O) groups is 2. The van der Waals surface area contributed by atoms with Gasteiger partial charge in [-0.25, -0.2) is 9.18 Å². The molecule has 0 saturated carbocycles. The van der Waals surface area contributed by atoms with E-state index in [1.165, 1.54) is 17.0 Å². The fourth-order valence-corrected chi connectivity index (χ4v) is 5.30. The van der Waals surface area contributed by atoms with E-state index >= 15 is 0 Å². The van der Waals surface area contributed by atoms with Crippen molar-refractivity contribution < 1.29 is 23.8 Å². The Kier molecular flexibility index (Phi) is 8.22. The minimum atomic E-state index is -1.14. The summed E-state index contributed by atoms with van der Waals surface area (Å²) in [4.78, 5) is 28.1. The lowest BCUT2D eigenvalue weighted by Crippen LogP contribution is -2.62. The number of carboxylic acids is 1. The van der Waals surface area contributed by atoms with Gasteiger partial charge in [0.1, 0.15) is 23.6 Å². The molecule has 1 fully saturated rings. The molecule has 1 heterocycles. The molecule has 1 aliphatic heterocycles. The first-order chi connectivity index (χ1) is 17.6. The second-order valence-electron chi connectivity index (χ2n) is 9.39. The van der Waals surface area contributed by atoms with E-state index in [0.29, 0.717) is 27.6 Å². The number of hydrogen-bond acceptors (Lipinski definition) is 3. The van der Waals surface area contributed by atoms with Crippen LogP contribution in [0.5, 0.6) is 0 Å². The van der Waals surface area contributed by atoms with Crippen molar-refractivity contribution in [3.8, 4) is 0 Å². The summed E-state index contributed by atoms with van der Waals surface area (Å²) in [6, 6.07) is 18.1. The molecule has 4 rings (SSSR count). The van der Waals surface area contributed by atoms with Gasteiger partial charge in [-0.3, -0.25) is 4.79 Å². The molecule has 4 atom stereocenters. The molecule has 5 nitrogen and oxygen atoms in total. The molecule has 0 unspecified atom stereocenters. The van der Waals surface area contributed by atoms with Gasteiger partial charge in [0.05, 0.1) is 6.04 Å². The molecule has 37 heavy (non-hydrogen) atoms. The highest BCUT2D eigenvalue weighted by Crippen LogP contribution is 2.48. The summed E-state index contributed by atoms with van der Waals surface area (Å²) in [6.07, 6.45) is -0.00120. The molecule has 1 saturated heterocycles.